The zero-order valence-corrected chi connectivity index (χ0v) is 20.4. The molecule has 1 aromatic rings. The number of alkyl carbamates (subject to hydrolysis) is 1. The van der Waals surface area contributed by atoms with Crippen LogP contribution in [0.2, 0.25) is 0 Å². The van der Waals surface area contributed by atoms with Crippen molar-refractivity contribution >= 4 is 30.5 Å². The Morgan fingerprint density at radius 3 is 2.09 bits per heavy atom. The Kier molecular flexibility index (Phi) is 9.84. The molecule has 0 radical (unpaired) electrons. The van der Waals surface area contributed by atoms with Gasteiger partial charge in [-0.1, -0.05) is 12.1 Å². The van der Waals surface area contributed by atoms with E-state index in [9.17, 15) is 24.6 Å². The van der Waals surface area contributed by atoms with Crippen LogP contribution in [0.25, 0.3) is 0 Å². The van der Waals surface area contributed by atoms with Crippen LogP contribution in [-0.2, 0) is 14.3 Å². The summed E-state index contributed by atoms with van der Waals surface area (Å²) in [5.41, 5.74) is -0.917. The lowest BCUT2D eigenvalue weighted by atomic mass is 10.0. The molecule has 0 aliphatic rings. The van der Waals surface area contributed by atoms with Crippen LogP contribution in [0.15, 0.2) is 24.3 Å². The Labute approximate surface area is 194 Å². The lowest BCUT2D eigenvalue weighted by Crippen LogP contribution is -2.55. The van der Waals surface area contributed by atoms with Crippen molar-refractivity contribution < 1.29 is 29.3 Å². The second-order valence-corrected chi connectivity index (χ2v) is 9.74. The monoisotopic (exact) mass is 469 g/mol. The van der Waals surface area contributed by atoms with Gasteiger partial charge in [0.2, 0.25) is 11.8 Å². The summed E-state index contributed by atoms with van der Waals surface area (Å²) < 4.78 is 5.22. The average Bonchev–Trinajstić information content (AvgIpc) is 2.63. The molecular weight excluding hydrogens is 434 g/mol. The van der Waals surface area contributed by atoms with Gasteiger partial charge in [0, 0.05) is 17.8 Å². The Balaban J connectivity index is 3.32. The number of nitrogens with zero attached hydrogens (tertiary/aromatic N) is 1. The van der Waals surface area contributed by atoms with Gasteiger partial charge in [0.05, 0.1) is 6.61 Å². The Morgan fingerprint density at radius 1 is 1.09 bits per heavy atom. The van der Waals surface area contributed by atoms with Gasteiger partial charge in [0.1, 0.15) is 23.4 Å². The highest BCUT2D eigenvalue weighted by atomic mass is 32.1. The first-order valence-corrected chi connectivity index (χ1v) is 10.9. The van der Waals surface area contributed by atoms with Gasteiger partial charge in [-0.05, 0) is 59.2 Å². The fourth-order valence-corrected chi connectivity index (χ4v) is 3.12. The van der Waals surface area contributed by atoms with Crippen LogP contribution in [0, 0.1) is 0 Å². The number of thiol groups is 1. The van der Waals surface area contributed by atoms with Crippen LogP contribution in [0.5, 0.6) is 5.75 Å². The van der Waals surface area contributed by atoms with E-state index < -0.39 is 47.7 Å². The molecule has 2 atom stereocenters. The number of aliphatic hydroxyl groups excluding tert-OH is 1. The molecule has 0 fully saturated rings. The number of hydrogen-bond acceptors (Lipinski definition) is 7. The number of carbonyl (C=O) groups excluding carboxylic acids is 3. The first-order chi connectivity index (χ1) is 14.7. The second kappa shape index (κ2) is 11.4. The van der Waals surface area contributed by atoms with E-state index in [1.54, 1.807) is 41.5 Å². The van der Waals surface area contributed by atoms with Gasteiger partial charge in [-0.2, -0.15) is 12.6 Å². The number of rotatable bonds is 8. The largest absolute Gasteiger partial charge is 0.508 e. The van der Waals surface area contributed by atoms with Gasteiger partial charge >= 0.3 is 6.09 Å². The molecule has 9 nitrogen and oxygen atoms in total. The van der Waals surface area contributed by atoms with Crippen LogP contribution < -0.4 is 10.6 Å². The molecule has 32 heavy (non-hydrogen) atoms. The fraction of sp³-hybridized carbons (Fsp3) is 0.591. The summed E-state index contributed by atoms with van der Waals surface area (Å²) in [6.45, 7) is 9.92. The lowest BCUT2D eigenvalue weighted by molar-refractivity contribution is -0.143. The molecule has 180 valence electrons. The Morgan fingerprint density at radius 2 is 1.66 bits per heavy atom. The van der Waals surface area contributed by atoms with E-state index in [4.69, 9.17) is 4.74 Å². The molecule has 0 saturated carbocycles. The molecule has 10 heteroatoms. The number of aromatic hydroxyl groups is 1. The van der Waals surface area contributed by atoms with Crippen molar-refractivity contribution in [2.75, 3.05) is 18.9 Å². The SMILES string of the molecule is CC(C)(C)NC(=O)C(c1ccc(O)cc1)N(CCO)C(=O)C(CS)NC(=O)OC(C)(C)C. The molecule has 4 N–H and O–H groups in total. The minimum atomic E-state index is -1.11. The molecule has 3 amide bonds. The standard InChI is InChI=1S/C22H35N3O6S/c1-21(2,3)24-18(28)17(14-7-9-15(27)10-8-14)25(11-12-26)19(29)16(13-32)23-20(30)31-22(4,5)6/h7-10,16-17,26-27,32H,11-13H2,1-6H3,(H,23,30)(H,24,28). The topological polar surface area (TPSA) is 128 Å². The second-order valence-electron chi connectivity index (χ2n) is 9.37. The third-order valence-corrected chi connectivity index (χ3v) is 4.43. The van der Waals surface area contributed by atoms with E-state index in [0.717, 1.165) is 0 Å². The third-order valence-electron chi connectivity index (χ3n) is 4.06. The number of ether oxygens (including phenoxy) is 1. The van der Waals surface area contributed by atoms with Gasteiger partial charge in [0.25, 0.3) is 0 Å². The quantitative estimate of drug-likeness (QED) is 0.371. The maximum Gasteiger partial charge on any atom is 0.408 e. The highest BCUT2D eigenvalue weighted by Crippen LogP contribution is 2.25. The van der Waals surface area contributed by atoms with Gasteiger partial charge in [-0.15, -0.1) is 0 Å². The average molecular weight is 470 g/mol. The van der Waals surface area contributed by atoms with E-state index in [0.29, 0.717) is 5.56 Å². The van der Waals surface area contributed by atoms with Gasteiger partial charge in [0.15, 0.2) is 0 Å². The first kappa shape index (κ1) is 27.6. The number of phenolic OH excluding ortho intramolecular Hbond substituents is 1. The van der Waals surface area contributed by atoms with Gasteiger partial charge < -0.3 is 30.5 Å². The summed E-state index contributed by atoms with van der Waals surface area (Å²) in [5.74, 6) is -1.13. The number of amides is 3. The summed E-state index contributed by atoms with van der Waals surface area (Å²) >= 11 is 4.18. The van der Waals surface area contributed by atoms with Crippen LogP contribution >= 0.6 is 12.6 Å². The van der Waals surface area contributed by atoms with Crippen LogP contribution in [0.3, 0.4) is 0 Å². The van der Waals surface area contributed by atoms with Crippen molar-refractivity contribution in [1.82, 2.24) is 15.5 Å². The zero-order chi connectivity index (χ0) is 24.7. The molecule has 0 heterocycles. The third kappa shape index (κ3) is 8.96. The lowest BCUT2D eigenvalue weighted by Gasteiger charge is -2.35. The molecule has 0 bridgehead atoms. The summed E-state index contributed by atoms with van der Waals surface area (Å²) in [6, 6.07) is 3.65. The van der Waals surface area contributed by atoms with Gasteiger partial charge in [-0.25, -0.2) is 4.79 Å². The van der Waals surface area contributed by atoms with Crippen molar-refractivity contribution in [3.05, 3.63) is 29.8 Å². The van der Waals surface area contributed by atoms with Crippen LogP contribution in [-0.4, -0.2) is 69.1 Å². The van der Waals surface area contributed by atoms with E-state index in [2.05, 4.69) is 23.3 Å². The van der Waals surface area contributed by atoms with Gasteiger partial charge in [-0.3, -0.25) is 9.59 Å². The number of carbonyl (C=O) groups is 3. The highest BCUT2D eigenvalue weighted by Gasteiger charge is 2.36. The predicted molar refractivity (Wildman–Crippen MR) is 125 cm³/mol. The molecule has 0 aliphatic heterocycles. The maximum absolute atomic E-state index is 13.4. The summed E-state index contributed by atoms with van der Waals surface area (Å²) in [6.07, 6.45) is -0.797. The molecule has 0 aliphatic carbocycles. The minimum absolute atomic E-state index is 0.00333. The molecule has 1 rings (SSSR count). The number of hydrogen-bond donors (Lipinski definition) is 5. The molecule has 2 unspecified atom stereocenters. The molecule has 1 aromatic carbocycles. The molecule has 0 saturated heterocycles. The minimum Gasteiger partial charge on any atom is -0.508 e. The zero-order valence-electron chi connectivity index (χ0n) is 19.5. The summed E-state index contributed by atoms with van der Waals surface area (Å²) in [7, 11) is 0. The van der Waals surface area contributed by atoms with Crippen LogP contribution in [0.1, 0.15) is 53.1 Å². The van der Waals surface area contributed by atoms with Crippen molar-refractivity contribution in [3.63, 3.8) is 0 Å². The maximum atomic E-state index is 13.4. The van der Waals surface area contributed by atoms with E-state index in [1.807, 2.05) is 0 Å². The predicted octanol–water partition coefficient (Wildman–Crippen LogP) is 1.99. The number of aliphatic hydroxyl groups is 1. The molecular formula is C22H35N3O6S. The highest BCUT2D eigenvalue weighted by molar-refractivity contribution is 7.80. The fourth-order valence-electron chi connectivity index (χ4n) is 2.88. The Hall–Kier alpha value is -2.46. The number of phenols is 1. The summed E-state index contributed by atoms with van der Waals surface area (Å²) in [5, 5.41) is 24.6. The van der Waals surface area contributed by atoms with Crippen molar-refractivity contribution in [1.29, 1.82) is 0 Å². The van der Waals surface area contributed by atoms with Crippen molar-refractivity contribution in [2.45, 2.75) is 64.8 Å². The smallest absolute Gasteiger partial charge is 0.408 e. The Bertz CT molecular complexity index is 786. The molecule has 0 spiro atoms. The van der Waals surface area contributed by atoms with E-state index in [1.165, 1.54) is 29.2 Å². The first-order valence-electron chi connectivity index (χ1n) is 10.3. The van der Waals surface area contributed by atoms with E-state index >= 15 is 0 Å². The van der Waals surface area contributed by atoms with Crippen molar-refractivity contribution in [2.24, 2.45) is 0 Å². The normalized spacial score (nSPS) is 13.6. The number of nitrogens with one attached hydrogen (secondary N) is 2. The van der Waals surface area contributed by atoms with E-state index in [-0.39, 0.29) is 18.0 Å². The molecule has 0 aromatic heterocycles. The number of benzene rings is 1. The van der Waals surface area contributed by atoms with Crippen LogP contribution in [0.4, 0.5) is 4.79 Å². The van der Waals surface area contributed by atoms with Crippen molar-refractivity contribution in [3.8, 4) is 5.75 Å². The summed E-state index contributed by atoms with van der Waals surface area (Å²) in [4.78, 5) is 40.0.